The fraction of sp³-hybridized carbons (Fsp3) is 0.282. The van der Waals surface area contributed by atoms with Crippen molar-refractivity contribution in [3.05, 3.63) is 128 Å². The van der Waals surface area contributed by atoms with E-state index in [1.165, 1.54) is 10.4 Å². The van der Waals surface area contributed by atoms with E-state index in [2.05, 4.69) is 149 Å². The minimum Gasteiger partial charge on any atom is -0.407 e. The van der Waals surface area contributed by atoms with Gasteiger partial charge in [-0.1, -0.05) is 142 Å². The van der Waals surface area contributed by atoms with E-state index in [1.54, 1.807) is 0 Å². The fourth-order valence-electron chi connectivity index (χ4n) is 6.13. The monoisotopic (exact) mass is 599 g/mol. The first-order valence-electron chi connectivity index (χ1n) is 15.8. The molecular weight excluding hydrogens is 555 g/mol. The Morgan fingerprint density at radius 1 is 0.659 bits per heavy atom. The number of benzene rings is 4. The summed E-state index contributed by atoms with van der Waals surface area (Å²) in [7, 11) is -2.53. The Balaban J connectivity index is 1.35. The van der Waals surface area contributed by atoms with Crippen LogP contribution in [0.3, 0.4) is 0 Å². The predicted octanol–water partition coefficient (Wildman–Crippen LogP) is 8.38. The quantitative estimate of drug-likeness (QED) is 0.107. The molecule has 5 aromatic rings. The van der Waals surface area contributed by atoms with E-state index in [-0.39, 0.29) is 11.1 Å². The Labute approximate surface area is 264 Å². The van der Waals surface area contributed by atoms with Gasteiger partial charge in [-0.15, -0.1) is 0 Å². The predicted molar refractivity (Wildman–Crippen MR) is 188 cm³/mol. The molecule has 5 heteroatoms. The van der Waals surface area contributed by atoms with Crippen molar-refractivity contribution >= 4 is 24.5 Å². The third kappa shape index (κ3) is 6.85. The van der Waals surface area contributed by atoms with Crippen molar-refractivity contribution in [3.63, 3.8) is 0 Å². The summed E-state index contributed by atoms with van der Waals surface area (Å²) in [6, 6.07) is 42.8. The van der Waals surface area contributed by atoms with Crippen LogP contribution in [-0.4, -0.2) is 37.5 Å². The SMILES string of the molecule is CC(C)N(CCCCO[Si](c1ccccc1)(c1ccccc1)C(C)(C)C)c1cnc(-c2ccccc2)c(-c2ccccc2)n1. The van der Waals surface area contributed by atoms with Crippen molar-refractivity contribution in [1.82, 2.24) is 9.97 Å². The smallest absolute Gasteiger partial charge is 0.261 e. The van der Waals surface area contributed by atoms with Gasteiger partial charge in [0, 0.05) is 30.3 Å². The Kier molecular flexibility index (Phi) is 10.1. The molecule has 4 aromatic carbocycles. The van der Waals surface area contributed by atoms with Crippen LogP contribution in [0, 0.1) is 0 Å². The molecule has 44 heavy (non-hydrogen) atoms. The van der Waals surface area contributed by atoms with Gasteiger partial charge >= 0.3 is 0 Å². The van der Waals surface area contributed by atoms with Crippen LogP contribution < -0.4 is 15.3 Å². The lowest BCUT2D eigenvalue weighted by atomic mass is 10.0. The van der Waals surface area contributed by atoms with Crippen LogP contribution in [0.15, 0.2) is 128 Å². The molecule has 0 aliphatic rings. The first kappa shape index (κ1) is 31.4. The maximum atomic E-state index is 7.15. The van der Waals surface area contributed by atoms with Gasteiger partial charge in [0.05, 0.1) is 17.6 Å². The molecular formula is C39H45N3OSi. The molecule has 0 aliphatic carbocycles. The van der Waals surface area contributed by atoms with Crippen LogP contribution in [0.2, 0.25) is 5.04 Å². The highest BCUT2D eigenvalue weighted by atomic mass is 28.4. The minimum absolute atomic E-state index is 0.0242. The first-order chi connectivity index (χ1) is 21.3. The fourth-order valence-corrected chi connectivity index (χ4v) is 10.7. The molecule has 1 heterocycles. The van der Waals surface area contributed by atoms with E-state index < -0.39 is 8.32 Å². The van der Waals surface area contributed by atoms with Crippen LogP contribution in [0.4, 0.5) is 5.82 Å². The maximum absolute atomic E-state index is 7.15. The molecule has 0 bridgehead atoms. The Morgan fingerprint density at radius 3 is 1.61 bits per heavy atom. The number of rotatable bonds is 12. The zero-order valence-corrected chi connectivity index (χ0v) is 27.8. The lowest BCUT2D eigenvalue weighted by Crippen LogP contribution is -2.66. The second kappa shape index (κ2) is 14.1. The summed E-state index contributed by atoms with van der Waals surface area (Å²) >= 11 is 0. The molecule has 0 radical (unpaired) electrons. The second-order valence-corrected chi connectivity index (χ2v) is 17.0. The van der Waals surface area contributed by atoms with Gasteiger partial charge in [0.15, 0.2) is 0 Å². The number of aromatic nitrogens is 2. The lowest BCUT2D eigenvalue weighted by molar-refractivity contribution is 0.288. The summed E-state index contributed by atoms with van der Waals surface area (Å²) in [6.45, 7) is 13.1. The molecule has 4 nitrogen and oxygen atoms in total. The molecule has 0 unspecified atom stereocenters. The average molecular weight is 600 g/mol. The molecule has 0 amide bonds. The highest BCUT2D eigenvalue weighted by molar-refractivity contribution is 6.99. The standard InChI is InChI=1S/C39H45N3OSi/c1-31(2)42(36-30-40-37(32-20-10-6-11-21-32)38(41-36)33-22-12-7-13-23-33)28-18-19-29-43-44(39(3,4)5,34-24-14-8-15-25-34)35-26-16-9-17-27-35/h6-17,20-27,30-31H,18-19,28-29H2,1-5H3. The van der Waals surface area contributed by atoms with Crippen molar-refractivity contribution in [3.8, 4) is 22.5 Å². The molecule has 226 valence electrons. The minimum atomic E-state index is -2.53. The van der Waals surface area contributed by atoms with Crippen LogP contribution in [0.1, 0.15) is 47.5 Å². The highest BCUT2D eigenvalue weighted by Gasteiger charge is 2.49. The number of anilines is 1. The van der Waals surface area contributed by atoms with E-state index in [4.69, 9.17) is 14.4 Å². The molecule has 0 saturated heterocycles. The van der Waals surface area contributed by atoms with Crippen LogP contribution >= 0.6 is 0 Å². The van der Waals surface area contributed by atoms with Crippen LogP contribution in [0.5, 0.6) is 0 Å². The van der Waals surface area contributed by atoms with Gasteiger partial charge in [0.1, 0.15) is 5.82 Å². The Morgan fingerprint density at radius 2 is 1.14 bits per heavy atom. The van der Waals surface area contributed by atoms with Gasteiger partial charge in [-0.25, -0.2) is 4.98 Å². The number of hydrogen-bond donors (Lipinski definition) is 0. The van der Waals surface area contributed by atoms with Gasteiger partial charge in [-0.3, -0.25) is 4.98 Å². The largest absolute Gasteiger partial charge is 0.407 e. The molecule has 0 fully saturated rings. The second-order valence-electron chi connectivity index (χ2n) is 12.7. The summed E-state index contributed by atoms with van der Waals surface area (Å²) in [5, 5.41) is 2.62. The van der Waals surface area contributed by atoms with Crippen LogP contribution in [-0.2, 0) is 4.43 Å². The van der Waals surface area contributed by atoms with Gasteiger partial charge in [0.25, 0.3) is 8.32 Å². The van der Waals surface area contributed by atoms with Crippen molar-refractivity contribution < 1.29 is 4.43 Å². The molecule has 0 N–H and O–H groups in total. The van der Waals surface area contributed by atoms with Gasteiger partial charge in [0.2, 0.25) is 0 Å². The van der Waals surface area contributed by atoms with Gasteiger partial charge in [-0.2, -0.15) is 0 Å². The molecule has 0 aliphatic heterocycles. The maximum Gasteiger partial charge on any atom is 0.261 e. The van der Waals surface area contributed by atoms with Gasteiger partial charge < -0.3 is 9.33 Å². The van der Waals surface area contributed by atoms with Crippen molar-refractivity contribution in [1.29, 1.82) is 0 Å². The van der Waals surface area contributed by atoms with Gasteiger partial charge in [-0.05, 0) is 42.1 Å². The summed E-state index contributed by atoms with van der Waals surface area (Å²) in [6.07, 6.45) is 3.90. The van der Waals surface area contributed by atoms with E-state index in [0.29, 0.717) is 6.61 Å². The van der Waals surface area contributed by atoms with E-state index in [1.807, 2.05) is 18.3 Å². The summed E-state index contributed by atoms with van der Waals surface area (Å²) < 4.78 is 7.15. The lowest BCUT2D eigenvalue weighted by Gasteiger charge is -2.43. The van der Waals surface area contributed by atoms with Crippen molar-refractivity contribution in [2.45, 2.75) is 58.5 Å². The van der Waals surface area contributed by atoms with E-state index >= 15 is 0 Å². The molecule has 0 saturated carbocycles. The van der Waals surface area contributed by atoms with E-state index in [0.717, 1.165) is 47.7 Å². The first-order valence-corrected chi connectivity index (χ1v) is 17.7. The molecule has 0 atom stereocenters. The van der Waals surface area contributed by atoms with Crippen molar-refractivity contribution in [2.24, 2.45) is 0 Å². The van der Waals surface area contributed by atoms with Crippen molar-refractivity contribution in [2.75, 3.05) is 18.1 Å². The van der Waals surface area contributed by atoms with E-state index in [9.17, 15) is 0 Å². The number of hydrogen-bond acceptors (Lipinski definition) is 4. The zero-order valence-electron chi connectivity index (χ0n) is 26.8. The summed E-state index contributed by atoms with van der Waals surface area (Å²) in [5.41, 5.74) is 3.96. The third-order valence-electron chi connectivity index (χ3n) is 8.30. The summed E-state index contributed by atoms with van der Waals surface area (Å²) in [4.78, 5) is 12.6. The molecule has 1 aromatic heterocycles. The third-order valence-corrected chi connectivity index (χ3v) is 13.3. The molecule has 0 spiro atoms. The average Bonchev–Trinajstić information content (AvgIpc) is 3.05. The normalized spacial score (nSPS) is 12.0. The summed E-state index contributed by atoms with van der Waals surface area (Å²) in [5.74, 6) is 0.909. The number of nitrogens with zero attached hydrogens (tertiary/aromatic N) is 3. The highest BCUT2D eigenvalue weighted by Crippen LogP contribution is 2.37. The Hall–Kier alpha value is -4.06. The zero-order chi connectivity index (χ0) is 31.0. The Bertz CT molecular complexity index is 1550. The number of unbranched alkanes of at least 4 members (excludes halogenated alkanes) is 1. The topological polar surface area (TPSA) is 38.2 Å². The molecule has 5 rings (SSSR count). The van der Waals surface area contributed by atoms with Crippen LogP contribution in [0.25, 0.3) is 22.5 Å².